The average Bonchev–Trinajstić information content (AvgIpc) is 3.42. The number of aliphatic hydroxyl groups is 1. The molecule has 2 aromatic rings. The first-order valence-corrected chi connectivity index (χ1v) is 9.09. The standard InChI is InChI=1S/C20H18FNO2S/c21-17-5-6-19(25-13-20(7-8-20)16(11-23)12-24)18(9-17)15-3-1-14(10-22)2-4-15/h1-6,9,11,16,24H,7-8,12-13H2. The fourth-order valence-electron chi connectivity index (χ4n) is 2.96. The first-order chi connectivity index (χ1) is 12.1. The van der Waals surface area contributed by atoms with Crippen molar-refractivity contribution in [3.05, 3.63) is 53.8 Å². The number of thioether (sulfide) groups is 1. The molecule has 0 aromatic heterocycles. The summed E-state index contributed by atoms with van der Waals surface area (Å²) in [4.78, 5) is 12.1. The van der Waals surface area contributed by atoms with E-state index >= 15 is 0 Å². The number of halogens is 1. The molecule has 0 amide bonds. The lowest BCUT2D eigenvalue weighted by Crippen LogP contribution is -2.23. The number of carbonyl (C=O) groups excluding carboxylic acids is 1. The molecule has 0 bridgehead atoms. The summed E-state index contributed by atoms with van der Waals surface area (Å²) in [7, 11) is 0. The van der Waals surface area contributed by atoms with Crippen molar-refractivity contribution in [1.82, 2.24) is 0 Å². The van der Waals surface area contributed by atoms with Crippen molar-refractivity contribution in [2.75, 3.05) is 12.4 Å². The number of aldehydes is 1. The fraction of sp³-hybridized carbons (Fsp3) is 0.300. The smallest absolute Gasteiger partial charge is 0.125 e. The summed E-state index contributed by atoms with van der Waals surface area (Å²) in [5.41, 5.74) is 2.04. The zero-order valence-electron chi connectivity index (χ0n) is 13.6. The van der Waals surface area contributed by atoms with Gasteiger partial charge in [-0.15, -0.1) is 11.8 Å². The largest absolute Gasteiger partial charge is 0.396 e. The van der Waals surface area contributed by atoms with E-state index in [0.29, 0.717) is 11.3 Å². The molecule has 2 aromatic carbocycles. The molecule has 25 heavy (non-hydrogen) atoms. The van der Waals surface area contributed by atoms with Crippen LogP contribution in [0.4, 0.5) is 4.39 Å². The van der Waals surface area contributed by atoms with E-state index in [-0.39, 0.29) is 23.8 Å². The Labute approximate surface area is 150 Å². The number of rotatable bonds is 7. The molecule has 0 saturated heterocycles. The van der Waals surface area contributed by atoms with Gasteiger partial charge in [0.25, 0.3) is 0 Å². The molecule has 0 heterocycles. The van der Waals surface area contributed by atoms with E-state index in [2.05, 4.69) is 6.07 Å². The number of benzene rings is 2. The minimum absolute atomic E-state index is 0.129. The van der Waals surface area contributed by atoms with Gasteiger partial charge in [0.05, 0.1) is 18.2 Å². The number of aliphatic hydroxyl groups excluding tert-OH is 1. The van der Waals surface area contributed by atoms with Crippen LogP contribution < -0.4 is 0 Å². The van der Waals surface area contributed by atoms with Crippen LogP contribution in [0.3, 0.4) is 0 Å². The lowest BCUT2D eigenvalue weighted by atomic mass is 9.93. The zero-order chi connectivity index (χ0) is 17.9. The van der Waals surface area contributed by atoms with Crippen LogP contribution in [0.2, 0.25) is 0 Å². The molecule has 1 N–H and O–H groups in total. The van der Waals surface area contributed by atoms with Crippen molar-refractivity contribution in [3.8, 4) is 17.2 Å². The van der Waals surface area contributed by atoms with Crippen LogP contribution in [-0.4, -0.2) is 23.8 Å². The van der Waals surface area contributed by atoms with Gasteiger partial charge in [-0.3, -0.25) is 0 Å². The molecule has 1 fully saturated rings. The Hall–Kier alpha value is -2.16. The molecule has 1 unspecified atom stereocenters. The zero-order valence-corrected chi connectivity index (χ0v) is 14.4. The van der Waals surface area contributed by atoms with Crippen molar-refractivity contribution in [1.29, 1.82) is 5.26 Å². The van der Waals surface area contributed by atoms with Gasteiger partial charge >= 0.3 is 0 Å². The van der Waals surface area contributed by atoms with E-state index < -0.39 is 0 Å². The summed E-state index contributed by atoms with van der Waals surface area (Å²) in [5, 5.41) is 18.3. The molecular formula is C20H18FNO2S. The lowest BCUT2D eigenvalue weighted by Gasteiger charge is -2.20. The van der Waals surface area contributed by atoms with E-state index in [0.717, 1.165) is 35.2 Å². The normalized spacial score (nSPS) is 16.0. The van der Waals surface area contributed by atoms with Crippen LogP contribution in [0, 0.1) is 28.5 Å². The lowest BCUT2D eigenvalue weighted by molar-refractivity contribution is -0.114. The quantitative estimate of drug-likeness (QED) is 0.601. The second-order valence-electron chi connectivity index (χ2n) is 6.41. The maximum atomic E-state index is 13.8. The van der Waals surface area contributed by atoms with Crippen molar-refractivity contribution >= 4 is 18.0 Å². The highest BCUT2D eigenvalue weighted by molar-refractivity contribution is 7.99. The second-order valence-corrected chi connectivity index (χ2v) is 7.42. The van der Waals surface area contributed by atoms with Gasteiger partial charge in [-0.25, -0.2) is 4.39 Å². The number of nitrogens with zero attached hydrogens (tertiary/aromatic N) is 1. The SMILES string of the molecule is N#Cc1ccc(-c2cc(F)ccc2SCC2(C(C=O)CO)CC2)cc1. The van der Waals surface area contributed by atoms with E-state index in [9.17, 15) is 14.3 Å². The van der Waals surface area contributed by atoms with E-state index in [1.54, 1.807) is 30.0 Å². The van der Waals surface area contributed by atoms with Crippen LogP contribution in [0.1, 0.15) is 18.4 Å². The second kappa shape index (κ2) is 7.38. The molecule has 0 radical (unpaired) electrons. The molecule has 1 aliphatic carbocycles. The van der Waals surface area contributed by atoms with E-state index in [1.807, 2.05) is 12.1 Å². The molecule has 3 rings (SSSR count). The van der Waals surface area contributed by atoms with Crippen molar-refractivity contribution in [2.24, 2.45) is 11.3 Å². The Morgan fingerprint density at radius 1 is 1.28 bits per heavy atom. The predicted octanol–water partition coefficient (Wildman–Crippen LogP) is 4.04. The van der Waals surface area contributed by atoms with Gasteiger partial charge in [-0.2, -0.15) is 5.26 Å². The van der Waals surface area contributed by atoms with Crippen LogP contribution in [0.5, 0.6) is 0 Å². The summed E-state index contributed by atoms with van der Waals surface area (Å²) >= 11 is 1.59. The average molecular weight is 355 g/mol. The van der Waals surface area contributed by atoms with Crippen LogP contribution in [-0.2, 0) is 4.79 Å². The topological polar surface area (TPSA) is 61.1 Å². The Morgan fingerprint density at radius 3 is 2.56 bits per heavy atom. The van der Waals surface area contributed by atoms with Crippen molar-refractivity contribution < 1.29 is 14.3 Å². The third-order valence-electron chi connectivity index (χ3n) is 4.82. The highest BCUT2D eigenvalue weighted by Crippen LogP contribution is 2.54. The third kappa shape index (κ3) is 3.76. The maximum Gasteiger partial charge on any atom is 0.125 e. The van der Waals surface area contributed by atoms with Gasteiger partial charge in [0.1, 0.15) is 12.1 Å². The monoisotopic (exact) mass is 355 g/mol. The van der Waals surface area contributed by atoms with E-state index in [1.165, 1.54) is 12.1 Å². The summed E-state index contributed by atoms with van der Waals surface area (Å²) in [5.74, 6) is 0.0658. The molecule has 1 saturated carbocycles. The fourth-order valence-corrected chi connectivity index (χ4v) is 4.41. The number of nitriles is 1. The van der Waals surface area contributed by atoms with Gasteiger partial charge < -0.3 is 9.90 Å². The van der Waals surface area contributed by atoms with Crippen LogP contribution >= 0.6 is 11.8 Å². The van der Waals surface area contributed by atoms with Crippen LogP contribution in [0.25, 0.3) is 11.1 Å². The molecule has 0 spiro atoms. The summed E-state index contributed by atoms with van der Waals surface area (Å²) in [6.45, 7) is -0.129. The minimum atomic E-state index is -0.334. The molecule has 5 heteroatoms. The highest BCUT2D eigenvalue weighted by atomic mass is 32.2. The Kier molecular flexibility index (Phi) is 5.22. The molecular weight excluding hydrogens is 337 g/mol. The first kappa shape index (κ1) is 17.7. The molecule has 0 aliphatic heterocycles. The Morgan fingerprint density at radius 2 is 2.00 bits per heavy atom. The Bertz CT molecular complexity index is 809. The number of hydrogen-bond acceptors (Lipinski definition) is 4. The summed E-state index contributed by atoms with van der Waals surface area (Å²) in [6, 6.07) is 13.8. The molecule has 1 atom stereocenters. The van der Waals surface area contributed by atoms with Gasteiger partial charge in [-0.1, -0.05) is 12.1 Å². The van der Waals surface area contributed by atoms with Gasteiger partial charge in [-0.05, 0) is 59.7 Å². The molecule has 3 nitrogen and oxygen atoms in total. The van der Waals surface area contributed by atoms with Gasteiger partial charge in [0, 0.05) is 16.6 Å². The molecule has 128 valence electrons. The van der Waals surface area contributed by atoms with Crippen molar-refractivity contribution in [3.63, 3.8) is 0 Å². The molecule has 1 aliphatic rings. The third-order valence-corrected chi connectivity index (χ3v) is 6.21. The van der Waals surface area contributed by atoms with Gasteiger partial charge in [0.15, 0.2) is 0 Å². The summed E-state index contributed by atoms with van der Waals surface area (Å²) in [6.07, 6.45) is 2.70. The first-order valence-electron chi connectivity index (χ1n) is 8.11. The van der Waals surface area contributed by atoms with Crippen molar-refractivity contribution in [2.45, 2.75) is 17.7 Å². The van der Waals surface area contributed by atoms with E-state index in [4.69, 9.17) is 5.26 Å². The highest BCUT2D eigenvalue weighted by Gasteiger charge is 2.48. The minimum Gasteiger partial charge on any atom is -0.396 e. The van der Waals surface area contributed by atoms with Crippen LogP contribution in [0.15, 0.2) is 47.4 Å². The maximum absolute atomic E-state index is 13.8. The van der Waals surface area contributed by atoms with Gasteiger partial charge in [0.2, 0.25) is 0 Å². The predicted molar refractivity (Wildman–Crippen MR) is 95.6 cm³/mol. The number of hydrogen-bond donors (Lipinski definition) is 1. The number of carbonyl (C=O) groups is 1. The summed E-state index contributed by atoms with van der Waals surface area (Å²) < 4.78 is 13.8. The Balaban J connectivity index is 1.85.